The second kappa shape index (κ2) is 9.80. The molecule has 0 aromatic carbocycles. The molecule has 0 rings (SSSR count). The van der Waals surface area contributed by atoms with Crippen LogP contribution in [0.4, 0.5) is 0 Å². The molecule has 0 heterocycles. The van der Waals surface area contributed by atoms with Gasteiger partial charge in [0.25, 0.3) is 0 Å². The third-order valence-electron chi connectivity index (χ3n) is 4.09. The van der Waals surface area contributed by atoms with Gasteiger partial charge in [-0.1, -0.05) is 51.0 Å². The highest BCUT2D eigenvalue weighted by Crippen LogP contribution is 2.20. The van der Waals surface area contributed by atoms with E-state index in [1.165, 1.54) is 63.0 Å². The summed E-state index contributed by atoms with van der Waals surface area (Å²) in [6.45, 7) is 19.8. The summed E-state index contributed by atoms with van der Waals surface area (Å²) < 4.78 is 0. The van der Waals surface area contributed by atoms with E-state index in [0.29, 0.717) is 0 Å². The van der Waals surface area contributed by atoms with E-state index < -0.39 is 8.07 Å². The Kier molecular flexibility index (Phi) is 9.75. The maximum Gasteiger partial charge on any atom is 0.0743 e. The Morgan fingerprint density at radius 2 is 1.39 bits per heavy atom. The number of rotatable bonds is 11. The largest absolute Gasteiger partial charge is 0.303 e. The van der Waals surface area contributed by atoms with Gasteiger partial charge in [-0.15, -0.1) is 6.58 Å². The summed E-state index contributed by atoms with van der Waals surface area (Å²) in [6, 6.07) is 1.40. The second-order valence-corrected chi connectivity index (χ2v) is 11.4. The number of hydrogen-bond acceptors (Lipinski definition) is 1. The van der Waals surface area contributed by atoms with E-state index in [2.05, 4.69) is 45.3 Å². The molecule has 108 valence electrons. The first kappa shape index (κ1) is 17.9. The average Bonchev–Trinajstić information content (AvgIpc) is 2.31. The van der Waals surface area contributed by atoms with Crippen LogP contribution in [0, 0.1) is 0 Å². The Bertz CT molecular complexity index is 215. The molecular formula is C16H35NSi. The molecule has 0 aliphatic carbocycles. The van der Waals surface area contributed by atoms with E-state index in [4.69, 9.17) is 0 Å². The lowest BCUT2D eigenvalue weighted by atomic mass is 10.2. The van der Waals surface area contributed by atoms with Crippen molar-refractivity contribution in [3.63, 3.8) is 0 Å². The van der Waals surface area contributed by atoms with Gasteiger partial charge in [0.1, 0.15) is 0 Å². The molecule has 0 aliphatic heterocycles. The Labute approximate surface area is 117 Å². The van der Waals surface area contributed by atoms with Crippen LogP contribution in [-0.4, -0.2) is 32.6 Å². The van der Waals surface area contributed by atoms with Crippen LogP contribution in [0.25, 0.3) is 0 Å². The Morgan fingerprint density at radius 1 is 0.944 bits per heavy atom. The average molecular weight is 270 g/mol. The number of hydrogen-bond donors (Lipinski definition) is 0. The predicted molar refractivity (Wildman–Crippen MR) is 88.0 cm³/mol. The summed E-state index contributed by atoms with van der Waals surface area (Å²) in [5.74, 6) is 0. The molecule has 0 fully saturated rings. The van der Waals surface area contributed by atoms with E-state index in [1.807, 2.05) is 0 Å². The number of allylic oxidation sites excluding steroid dienone is 1. The molecule has 0 radical (unpaired) electrons. The lowest BCUT2D eigenvalue weighted by Gasteiger charge is -2.26. The zero-order chi connectivity index (χ0) is 14.0. The van der Waals surface area contributed by atoms with Gasteiger partial charge in [-0.3, -0.25) is 0 Å². The second-order valence-electron chi connectivity index (χ2n) is 6.32. The van der Waals surface area contributed by atoms with Gasteiger partial charge in [0.2, 0.25) is 0 Å². The van der Waals surface area contributed by atoms with Crippen molar-refractivity contribution in [2.75, 3.05) is 19.6 Å². The van der Waals surface area contributed by atoms with Crippen molar-refractivity contribution < 1.29 is 0 Å². The first-order valence-corrected chi connectivity index (χ1v) is 11.0. The van der Waals surface area contributed by atoms with Crippen LogP contribution >= 0.6 is 0 Å². The Hall–Kier alpha value is -0.0831. The summed E-state index contributed by atoms with van der Waals surface area (Å²) in [4.78, 5) is 2.68. The molecule has 1 nitrogen and oxygen atoms in total. The number of unbranched alkanes of at least 4 members (excludes halogenated alkanes) is 2. The van der Waals surface area contributed by atoms with E-state index in [1.54, 1.807) is 0 Å². The van der Waals surface area contributed by atoms with Crippen LogP contribution in [0.5, 0.6) is 0 Å². The van der Waals surface area contributed by atoms with Crippen molar-refractivity contribution in [2.24, 2.45) is 0 Å². The molecular weight excluding hydrogens is 234 g/mol. The molecule has 0 amide bonds. The first-order valence-electron chi connectivity index (χ1n) is 7.82. The molecule has 0 N–H and O–H groups in total. The van der Waals surface area contributed by atoms with Gasteiger partial charge in [0.15, 0.2) is 0 Å². The quantitative estimate of drug-likeness (QED) is 0.472. The van der Waals surface area contributed by atoms with Gasteiger partial charge in [0.05, 0.1) is 8.07 Å². The summed E-state index contributed by atoms with van der Waals surface area (Å²) >= 11 is 0. The fourth-order valence-electron chi connectivity index (χ4n) is 2.06. The third-order valence-corrected chi connectivity index (χ3v) is 8.00. The molecule has 0 spiro atoms. The van der Waals surface area contributed by atoms with Crippen LogP contribution in [0.15, 0.2) is 11.8 Å². The zero-order valence-corrected chi connectivity index (χ0v) is 14.5. The van der Waals surface area contributed by atoms with Gasteiger partial charge >= 0.3 is 0 Å². The lowest BCUT2D eigenvalue weighted by Crippen LogP contribution is -2.31. The van der Waals surface area contributed by atoms with E-state index >= 15 is 0 Å². The highest BCUT2D eigenvalue weighted by molar-refractivity contribution is 6.84. The molecule has 18 heavy (non-hydrogen) atoms. The molecule has 0 aromatic heterocycles. The maximum atomic E-state index is 4.17. The van der Waals surface area contributed by atoms with E-state index in [-0.39, 0.29) is 0 Å². The summed E-state index contributed by atoms with van der Waals surface area (Å²) in [5, 5.41) is 1.45. The predicted octanol–water partition coefficient (Wildman–Crippen LogP) is 5.10. The fraction of sp³-hybridized carbons (Fsp3) is 0.875. The lowest BCUT2D eigenvalue weighted by molar-refractivity contribution is 0.265. The highest BCUT2D eigenvalue weighted by atomic mass is 28.3. The Morgan fingerprint density at radius 3 is 1.78 bits per heavy atom. The SMILES string of the molecule is C=C(C)[Si](C)(C)CCCN(CCCC)CCCC. The van der Waals surface area contributed by atoms with E-state index in [0.717, 1.165) is 0 Å². The normalized spacial score (nSPS) is 12.1. The zero-order valence-electron chi connectivity index (χ0n) is 13.5. The highest BCUT2D eigenvalue weighted by Gasteiger charge is 2.21. The van der Waals surface area contributed by atoms with Gasteiger partial charge in [0, 0.05) is 0 Å². The standard InChI is InChI=1S/C16H35NSi/c1-7-9-12-17(13-10-8-2)14-11-15-18(5,6)16(3)4/h3,7-15H2,1-2,4-6H3. The Balaban J connectivity index is 3.97. The molecule has 0 bridgehead atoms. The van der Waals surface area contributed by atoms with Crippen molar-refractivity contribution in [3.05, 3.63) is 11.8 Å². The van der Waals surface area contributed by atoms with Crippen LogP contribution in [0.2, 0.25) is 19.1 Å². The third kappa shape index (κ3) is 8.10. The van der Waals surface area contributed by atoms with Crippen LogP contribution in [0.3, 0.4) is 0 Å². The molecule has 0 aliphatic rings. The molecule has 0 unspecified atom stereocenters. The monoisotopic (exact) mass is 269 g/mol. The minimum absolute atomic E-state index is 1.13. The molecule has 0 aromatic rings. The van der Waals surface area contributed by atoms with Gasteiger partial charge in [-0.05, 0) is 45.8 Å². The van der Waals surface area contributed by atoms with Crippen molar-refractivity contribution in [1.82, 2.24) is 4.90 Å². The minimum atomic E-state index is -1.13. The molecule has 0 saturated heterocycles. The molecule has 0 atom stereocenters. The topological polar surface area (TPSA) is 3.24 Å². The van der Waals surface area contributed by atoms with Crippen LogP contribution in [0.1, 0.15) is 52.9 Å². The van der Waals surface area contributed by atoms with Crippen LogP contribution < -0.4 is 0 Å². The minimum Gasteiger partial charge on any atom is -0.303 e. The van der Waals surface area contributed by atoms with Crippen molar-refractivity contribution in [2.45, 2.75) is 72.0 Å². The number of nitrogens with zero attached hydrogens (tertiary/aromatic N) is 1. The van der Waals surface area contributed by atoms with Crippen LogP contribution in [-0.2, 0) is 0 Å². The van der Waals surface area contributed by atoms with E-state index in [9.17, 15) is 0 Å². The van der Waals surface area contributed by atoms with Crippen molar-refractivity contribution in [1.29, 1.82) is 0 Å². The van der Waals surface area contributed by atoms with Gasteiger partial charge < -0.3 is 4.90 Å². The molecule has 2 heteroatoms. The van der Waals surface area contributed by atoms with Crippen molar-refractivity contribution >= 4 is 8.07 Å². The van der Waals surface area contributed by atoms with Crippen molar-refractivity contribution in [3.8, 4) is 0 Å². The fourth-order valence-corrected chi connectivity index (χ4v) is 3.53. The smallest absolute Gasteiger partial charge is 0.0743 e. The summed E-state index contributed by atoms with van der Waals surface area (Å²) in [7, 11) is -1.13. The maximum absolute atomic E-state index is 4.17. The van der Waals surface area contributed by atoms with Gasteiger partial charge in [-0.2, -0.15) is 0 Å². The molecule has 0 saturated carbocycles. The van der Waals surface area contributed by atoms with Gasteiger partial charge in [-0.25, -0.2) is 0 Å². The first-order chi connectivity index (χ1) is 8.44. The summed E-state index contributed by atoms with van der Waals surface area (Å²) in [5.41, 5.74) is 0. The summed E-state index contributed by atoms with van der Waals surface area (Å²) in [6.07, 6.45) is 6.69.